The second-order valence-corrected chi connectivity index (χ2v) is 68.5. The zero-order valence-electron chi connectivity index (χ0n) is 66.5. The molecule has 3 radical (unpaired) electrons. The van der Waals surface area contributed by atoms with Crippen LogP contribution in [0, 0.1) is 0 Å². The first-order valence-electron chi connectivity index (χ1n) is 44.5. The van der Waals surface area contributed by atoms with Gasteiger partial charge in [-0.3, -0.25) is 0 Å². The van der Waals surface area contributed by atoms with Gasteiger partial charge in [0.05, 0.1) is 0 Å². The van der Waals surface area contributed by atoms with Crippen LogP contribution in [0.4, 0.5) is 0 Å². The van der Waals surface area contributed by atoms with E-state index in [2.05, 4.69) is 313 Å². The molecule has 18 aliphatic heterocycles. The van der Waals surface area contributed by atoms with E-state index in [0.717, 1.165) is 55.9 Å². The van der Waals surface area contributed by atoms with Crippen LogP contribution in [0.25, 0.3) is 82.5 Å². The molecule has 18 aliphatic rings. The van der Waals surface area contributed by atoms with Crippen molar-refractivity contribution in [3.8, 4) is 17.1 Å². The van der Waals surface area contributed by atoms with E-state index >= 15 is 0 Å². The Morgan fingerprint density at radius 1 is 0.316 bits per heavy atom. The number of rotatable bonds is 6. The van der Waals surface area contributed by atoms with E-state index in [1.165, 1.54) is 121 Å². The maximum absolute atomic E-state index is 6.07. The molecule has 3 aromatic heterocycles. The quantitative estimate of drug-likeness (QED) is 0.147. The number of benzene rings is 12. The fourth-order valence-corrected chi connectivity index (χ4v) is 66.9. The van der Waals surface area contributed by atoms with E-state index in [0.29, 0.717) is 41.3 Å². The normalized spacial score (nSPS) is 23.0. The van der Waals surface area contributed by atoms with Gasteiger partial charge in [-0.25, -0.2) is 0 Å². The Kier molecular flexibility index (Phi) is 10.9. The number of hydrogen-bond donors (Lipinski definition) is 0. The molecule has 0 amide bonds. The molecule has 12 fully saturated rings. The second-order valence-electron chi connectivity index (χ2n) is 42.7. The summed E-state index contributed by atoms with van der Waals surface area (Å²) in [5.74, 6) is 0. The van der Waals surface area contributed by atoms with E-state index in [1.807, 2.05) is 0 Å². The summed E-state index contributed by atoms with van der Waals surface area (Å²) in [7, 11) is 1.46. The fraction of sp³-hybridized carbons (Fsp3) is 0.111. The molecular weight excluding hydrogens is 1470 g/mol. The van der Waals surface area contributed by atoms with Crippen molar-refractivity contribution < 1.29 is 0 Å². The Labute approximate surface area is 677 Å². The number of para-hydroxylation sites is 6. The maximum atomic E-state index is 6.07. The fourth-order valence-electron chi connectivity index (χ4n) is 28.3. The van der Waals surface area contributed by atoms with Gasteiger partial charge in [0.2, 0.25) is 0 Å². The Morgan fingerprint density at radius 2 is 0.702 bits per heavy atom. The topological polar surface area (TPSA) is 51.9 Å². The van der Waals surface area contributed by atoms with Gasteiger partial charge in [0.25, 0.3) is 0 Å². The molecule has 12 saturated heterocycles. The first-order valence-corrected chi connectivity index (χ1v) is 57.2. The molecule has 114 heavy (non-hydrogen) atoms. The van der Waals surface area contributed by atoms with Crippen LogP contribution in [-0.2, 0) is 16.2 Å². The van der Waals surface area contributed by atoms with Crippen molar-refractivity contribution in [1.29, 1.82) is 0 Å². The van der Waals surface area contributed by atoms with Gasteiger partial charge in [-0.1, -0.05) is 0 Å². The van der Waals surface area contributed by atoms with E-state index in [9.17, 15) is 0 Å². The Hall–Kier alpha value is -7.01. The van der Waals surface area contributed by atoms with Crippen molar-refractivity contribution in [2.75, 3.05) is 0 Å². The minimum atomic E-state index is -2.10. The Balaban J connectivity index is 0.0000000853. The number of nitrogens with zero attached hydrogens (tertiary/aromatic N) is 6. The third kappa shape index (κ3) is 7.17. The van der Waals surface area contributed by atoms with Crippen LogP contribution in [0.15, 0.2) is 250 Å². The summed E-state index contributed by atoms with van der Waals surface area (Å²) < 4.78 is 25.9. The van der Waals surface area contributed by atoms with Crippen molar-refractivity contribution >= 4 is 311 Å². The number of hydrogen-bond acceptors (Lipinski definition) is 3. The first-order chi connectivity index (χ1) is 55.5. The Morgan fingerprint density at radius 3 is 1.22 bits per heavy atom. The van der Waals surface area contributed by atoms with Crippen molar-refractivity contribution in [1.82, 2.24) is 13.7 Å². The summed E-state index contributed by atoms with van der Waals surface area (Å²) in [5.41, 5.74) is 35.7. The molecule has 0 N–H and O–H groups in total. The van der Waals surface area contributed by atoms with Crippen LogP contribution in [-0.4, -0.2) is 152 Å². The molecule has 0 spiro atoms. The molecule has 12 aromatic carbocycles. The molecule has 0 unspecified atom stereocenters. The number of fused-ring (bicyclic) bond motifs is 30. The monoisotopic (exact) mass is 1540 g/mol. The standard InChI is InChI=1S/3C27H23B7N2P2/c1-27(2)18-10-4-5-11-19(18)31-20-12-6-8-14-22(20)36-21-13-7-3-9-16(21)17-15-23(24(27)25(31)26(17)36)38(29-32(38)30-38)35-37-33-28-34(33)37;1-27(2)17-10-4-5-11-19(17)31-20-12-6-8-14-22(20)36-21-13-7-3-9-16(21)24-23(15-18(27)25(31)26(24)36)38(29-32(38)30-38)35-37-33-28-34(33)37;1-27(2)18-15-14-17-16-8-3-5-11-21(16)36-22-12-6-4-9-19(22)31(25(18)26(17)36)20-10-7-13-23(24(20)27)38(29-32(38)30-38)35-37-33-28-34(33)37/h3*3-15H,28-29H2,1-2H3/q3*-1. The van der Waals surface area contributed by atoms with Crippen LogP contribution in [0.5, 0.6) is 0 Å². The summed E-state index contributed by atoms with van der Waals surface area (Å²) in [6, 6.07) is 91.8. The SMILES string of the molecule is CC1(C)c2ccc3c4ccccc4n4c3c2B(c2ccccc2-4)c2cccc(P34(N=[P+]5B6[BH2-]B65)[B]B3[BH2-]4)c21.CC1(C)c2ccccc2B2c3ccccc3-n3c4ccccc4c4c(P56(N=[P+]7B8[BH2-]B87)[B]B5[BH2-]6)cc1c2c43.CC1(C)c2ccccc2B2c3ccccc3-n3c4ccccc4c4cc(P56(N=[P+]7B8[BH2-]B87)[B]B5[BH2-]6)c1c2c43. The van der Waals surface area contributed by atoms with Crippen LogP contribution < -0.4 is 65.1 Å². The molecule has 519 valence electrons. The molecule has 33 heteroatoms. The summed E-state index contributed by atoms with van der Waals surface area (Å²) in [6.07, 6.45) is 3.44. The Bertz CT molecular complexity index is 7550. The molecule has 0 aliphatic carbocycles. The summed E-state index contributed by atoms with van der Waals surface area (Å²) in [6.45, 7) is 24.6. The van der Waals surface area contributed by atoms with Gasteiger partial charge in [0.15, 0.2) is 0 Å². The van der Waals surface area contributed by atoms with E-state index in [1.54, 1.807) is 59.8 Å². The van der Waals surface area contributed by atoms with Gasteiger partial charge in [-0.05, 0) is 0 Å². The third-order valence-electron chi connectivity index (χ3n) is 36.4. The third-order valence-corrected chi connectivity index (χ3v) is 70.3. The second kappa shape index (κ2) is 19.5. The van der Waals surface area contributed by atoms with Crippen molar-refractivity contribution in [2.45, 2.75) is 57.8 Å². The van der Waals surface area contributed by atoms with Gasteiger partial charge in [0, 0.05) is 0 Å². The van der Waals surface area contributed by atoms with Gasteiger partial charge >= 0.3 is 683 Å². The summed E-state index contributed by atoms with van der Waals surface area (Å²) >= 11 is 0. The van der Waals surface area contributed by atoms with Crippen LogP contribution in [0.1, 0.15) is 74.9 Å². The molecule has 6 nitrogen and oxygen atoms in total. The van der Waals surface area contributed by atoms with Crippen molar-refractivity contribution in [3.05, 3.63) is 270 Å². The van der Waals surface area contributed by atoms with E-state index in [4.69, 9.17) is 13.5 Å². The molecule has 0 saturated carbocycles. The summed E-state index contributed by atoms with van der Waals surface area (Å²) in [5, 5.41) is 13.9. The molecule has 33 rings (SSSR count). The van der Waals surface area contributed by atoms with E-state index < -0.39 is 19.2 Å². The van der Waals surface area contributed by atoms with Crippen LogP contribution >= 0.6 is 41.6 Å². The van der Waals surface area contributed by atoms with Crippen molar-refractivity contribution in [2.24, 2.45) is 13.5 Å². The zero-order chi connectivity index (χ0) is 74.3. The predicted octanol–water partition coefficient (Wildman–Crippen LogP) is 5.93. The van der Waals surface area contributed by atoms with Gasteiger partial charge < -0.3 is 0 Å². The molecule has 0 bridgehead atoms. The average Bonchev–Trinajstić information content (AvgIpc) is 1.43. The predicted molar refractivity (Wildman–Crippen MR) is 540 cm³/mol. The van der Waals surface area contributed by atoms with Gasteiger partial charge in [-0.2, -0.15) is 0 Å². The van der Waals surface area contributed by atoms with Crippen molar-refractivity contribution in [3.63, 3.8) is 0 Å². The molecule has 0 atom stereocenters. The van der Waals surface area contributed by atoms with E-state index in [-0.39, 0.29) is 59.3 Å². The van der Waals surface area contributed by atoms with Crippen LogP contribution in [0.3, 0.4) is 0 Å². The molecular formula is C81H69B21N6P6-3. The zero-order valence-corrected chi connectivity index (χ0v) is 71.9. The number of aromatic nitrogens is 3. The first kappa shape index (κ1) is 64.0. The molecule has 21 heterocycles. The van der Waals surface area contributed by atoms with Gasteiger partial charge in [0.1, 0.15) is 0 Å². The van der Waals surface area contributed by atoms with Gasteiger partial charge in [-0.15, -0.1) is 0 Å². The molecule has 15 aromatic rings. The van der Waals surface area contributed by atoms with Crippen LogP contribution in [0.2, 0.25) is 0 Å². The summed E-state index contributed by atoms with van der Waals surface area (Å²) in [4.78, 5) is 0. The average molecular weight is 1540 g/mol. The minimum absolute atomic E-state index is 0.0228.